The van der Waals surface area contributed by atoms with Crippen molar-refractivity contribution in [2.24, 2.45) is 5.73 Å². The fourth-order valence-electron chi connectivity index (χ4n) is 2.08. The smallest absolute Gasteiger partial charge is 0.127 e. The lowest BCUT2D eigenvalue weighted by atomic mass is 9.92. The Bertz CT molecular complexity index is 574. The van der Waals surface area contributed by atoms with Crippen LogP contribution in [0.5, 0.6) is 0 Å². The number of benzene rings is 2. The summed E-state index contributed by atoms with van der Waals surface area (Å²) in [5.41, 5.74) is 7.56. The van der Waals surface area contributed by atoms with E-state index in [1.54, 1.807) is 12.1 Å². The first-order valence-electron chi connectivity index (χ1n) is 6.00. The van der Waals surface area contributed by atoms with Gasteiger partial charge in [0.15, 0.2) is 0 Å². The molecule has 19 heavy (non-hydrogen) atoms. The maximum atomic E-state index is 13.8. The van der Waals surface area contributed by atoms with Crippen LogP contribution >= 0.6 is 27.5 Å². The number of hydrogen-bond acceptors (Lipinski definition) is 1. The highest BCUT2D eigenvalue weighted by atomic mass is 79.9. The number of nitrogens with two attached hydrogens (primary N) is 1. The van der Waals surface area contributed by atoms with Crippen molar-refractivity contribution in [2.75, 3.05) is 6.54 Å². The van der Waals surface area contributed by atoms with Gasteiger partial charge in [0.2, 0.25) is 0 Å². The maximum Gasteiger partial charge on any atom is 0.127 e. The van der Waals surface area contributed by atoms with E-state index in [2.05, 4.69) is 15.9 Å². The minimum absolute atomic E-state index is 0.0752. The van der Waals surface area contributed by atoms with E-state index in [1.807, 2.05) is 24.3 Å². The zero-order valence-corrected chi connectivity index (χ0v) is 12.6. The SMILES string of the molecule is NCC(Cc1ccc(Cl)cc1F)c1ccccc1Br. The minimum atomic E-state index is -0.280. The van der Waals surface area contributed by atoms with Gasteiger partial charge in [0.05, 0.1) is 0 Å². The maximum absolute atomic E-state index is 13.8. The molecule has 0 saturated heterocycles. The third-order valence-corrected chi connectivity index (χ3v) is 4.07. The van der Waals surface area contributed by atoms with Crippen molar-refractivity contribution >= 4 is 27.5 Å². The van der Waals surface area contributed by atoms with Crippen molar-refractivity contribution in [3.63, 3.8) is 0 Å². The largest absolute Gasteiger partial charge is 0.330 e. The van der Waals surface area contributed by atoms with Crippen LogP contribution in [0, 0.1) is 5.82 Å². The van der Waals surface area contributed by atoms with Crippen LogP contribution in [0.3, 0.4) is 0 Å². The molecule has 0 heterocycles. The van der Waals surface area contributed by atoms with Crippen molar-refractivity contribution < 1.29 is 4.39 Å². The first kappa shape index (κ1) is 14.5. The molecule has 2 N–H and O–H groups in total. The van der Waals surface area contributed by atoms with Crippen molar-refractivity contribution in [3.05, 3.63) is 68.9 Å². The van der Waals surface area contributed by atoms with Crippen LogP contribution in [0.15, 0.2) is 46.9 Å². The van der Waals surface area contributed by atoms with Crippen LogP contribution in [0.4, 0.5) is 4.39 Å². The van der Waals surface area contributed by atoms with Crippen LogP contribution in [0.25, 0.3) is 0 Å². The minimum Gasteiger partial charge on any atom is -0.330 e. The molecule has 1 unspecified atom stereocenters. The molecule has 100 valence electrons. The molecular formula is C15H14BrClFN. The van der Waals surface area contributed by atoms with E-state index in [1.165, 1.54) is 6.07 Å². The Labute approximate surface area is 125 Å². The zero-order chi connectivity index (χ0) is 13.8. The molecule has 1 atom stereocenters. The van der Waals surface area contributed by atoms with Gasteiger partial charge < -0.3 is 5.73 Å². The molecule has 0 fully saturated rings. The summed E-state index contributed by atoms with van der Waals surface area (Å²) in [5, 5.41) is 0.409. The molecule has 0 radical (unpaired) electrons. The molecule has 0 aliphatic heterocycles. The predicted molar refractivity (Wildman–Crippen MR) is 81.1 cm³/mol. The zero-order valence-electron chi connectivity index (χ0n) is 10.2. The average molecular weight is 343 g/mol. The Morgan fingerprint density at radius 1 is 1.21 bits per heavy atom. The van der Waals surface area contributed by atoms with E-state index < -0.39 is 0 Å². The number of halogens is 3. The van der Waals surface area contributed by atoms with Gasteiger partial charge in [-0.1, -0.05) is 51.8 Å². The normalized spacial score (nSPS) is 12.4. The van der Waals surface area contributed by atoms with Crippen LogP contribution in [0.1, 0.15) is 17.0 Å². The second-order valence-corrected chi connectivity index (χ2v) is 5.68. The molecule has 0 aromatic heterocycles. The summed E-state index contributed by atoms with van der Waals surface area (Å²) in [5.74, 6) is -0.204. The van der Waals surface area contributed by atoms with E-state index in [0.29, 0.717) is 23.6 Å². The highest BCUT2D eigenvalue weighted by Gasteiger charge is 2.15. The standard InChI is InChI=1S/C15H14BrClFN/c16-14-4-2-1-3-13(14)11(9-19)7-10-5-6-12(17)8-15(10)18/h1-6,8,11H,7,9,19H2. The number of hydrogen-bond donors (Lipinski definition) is 1. The first-order valence-corrected chi connectivity index (χ1v) is 7.17. The molecule has 1 nitrogen and oxygen atoms in total. The van der Waals surface area contributed by atoms with Crippen molar-refractivity contribution in [3.8, 4) is 0 Å². The monoisotopic (exact) mass is 341 g/mol. The molecule has 0 spiro atoms. The van der Waals surface area contributed by atoms with E-state index >= 15 is 0 Å². The lowest BCUT2D eigenvalue weighted by molar-refractivity contribution is 0.590. The molecule has 0 bridgehead atoms. The molecular weight excluding hydrogens is 329 g/mol. The molecule has 0 aliphatic rings. The third-order valence-electron chi connectivity index (χ3n) is 3.11. The number of rotatable bonds is 4. The van der Waals surface area contributed by atoms with Gasteiger partial charge >= 0.3 is 0 Å². The van der Waals surface area contributed by atoms with Gasteiger partial charge in [0.25, 0.3) is 0 Å². The fourth-order valence-corrected chi connectivity index (χ4v) is 2.85. The van der Waals surface area contributed by atoms with E-state index in [-0.39, 0.29) is 11.7 Å². The Hall–Kier alpha value is -0.900. The summed E-state index contributed by atoms with van der Waals surface area (Å²) >= 11 is 9.27. The summed E-state index contributed by atoms with van der Waals surface area (Å²) in [4.78, 5) is 0. The van der Waals surface area contributed by atoms with E-state index in [0.717, 1.165) is 10.0 Å². The first-order chi connectivity index (χ1) is 9.11. The van der Waals surface area contributed by atoms with Crippen LogP contribution in [-0.2, 0) is 6.42 Å². The average Bonchev–Trinajstić information content (AvgIpc) is 2.39. The summed E-state index contributed by atoms with van der Waals surface area (Å²) < 4.78 is 14.8. The molecule has 0 amide bonds. The van der Waals surface area contributed by atoms with Gasteiger partial charge in [0, 0.05) is 15.4 Å². The molecule has 2 aromatic carbocycles. The van der Waals surface area contributed by atoms with Gasteiger partial charge in [-0.05, 0) is 42.3 Å². The van der Waals surface area contributed by atoms with Gasteiger partial charge in [-0.3, -0.25) is 0 Å². The quantitative estimate of drug-likeness (QED) is 0.868. The highest BCUT2D eigenvalue weighted by Crippen LogP contribution is 2.28. The molecule has 2 rings (SSSR count). The van der Waals surface area contributed by atoms with E-state index in [4.69, 9.17) is 17.3 Å². The Balaban J connectivity index is 2.27. The molecule has 4 heteroatoms. The van der Waals surface area contributed by atoms with Crippen molar-refractivity contribution in [1.82, 2.24) is 0 Å². The second-order valence-electron chi connectivity index (χ2n) is 4.39. The van der Waals surface area contributed by atoms with Gasteiger partial charge in [-0.25, -0.2) is 4.39 Å². The third kappa shape index (κ3) is 3.56. The Kier molecular flexibility index (Phi) is 4.97. The fraction of sp³-hybridized carbons (Fsp3) is 0.200. The molecule has 0 aliphatic carbocycles. The van der Waals surface area contributed by atoms with Crippen LogP contribution in [-0.4, -0.2) is 6.54 Å². The highest BCUT2D eigenvalue weighted by molar-refractivity contribution is 9.10. The molecule has 0 saturated carbocycles. The van der Waals surface area contributed by atoms with E-state index in [9.17, 15) is 4.39 Å². The lowest BCUT2D eigenvalue weighted by Gasteiger charge is -2.17. The molecule has 2 aromatic rings. The Morgan fingerprint density at radius 2 is 1.95 bits per heavy atom. The predicted octanol–water partition coefficient (Wildman–Crippen LogP) is 4.53. The summed E-state index contributed by atoms with van der Waals surface area (Å²) in [6.45, 7) is 0.463. The van der Waals surface area contributed by atoms with Gasteiger partial charge in [-0.15, -0.1) is 0 Å². The summed E-state index contributed by atoms with van der Waals surface area (Å²) in [6, 6.07) is 12.6. The van der Waals surface area contributed by atoms with Gasteiger partial charge in [0.1, 0.15) is 5.82 Å². The van der Waals surface area contributed by atoms with Gasteiger partial charge in [-0.2, -0.15) is 0 Å². The van der Waals surface area contributed by atoms with Crippen LogP contribution in [0.2, 0.25) is 5.02 Å². The van der Waals surface area contributed by atoms with Crippen molar-refractivity contribution in [2.45, 2.75) is 12.3 Å². The summed E-state index contributed by atoms with van der Waals surface area (Å²) in [6.07, 6.45) is 0.558. The van der Waals surface area contributed by atoms with Crippen molar-refractivity contribution in [1.29, 1.82) is 0 Å². The topological polar surface area (TPSA) is 26.0 Å². The second kappa shape index (κ2) is 6.51. The van der Waals surface area contributed by atoms with Crippen LogP contribution < -0.4 is 5.73 Å². The summed E-state index contributed by atoms with van der Waals surface area (Å²) in [7, 11) is 0. The lowest BCUT2D eigenvalue weighted by Crippen LogP contribution is -2.16. The Morgan fingerprint density at radius 3 is 2.58 bits per heavy atom.